The molecule has 2 aliphatic rings. The highest BCUT2D eigenvalue weighted by molar-refractivity contribution is 7.91. The molecule has 1 atom stereocenters. The SMILES string of the molecule is O=C(OCc1nnc(-c2ccc(F)cc2)o1)C1=NN([C@H]2CCS(=O)(=O)C2)C(=O)CC1. The van der Waals surface area contributed by atoms with E-state index >= 15 is 0 Å². The van der Waals surface area contributed by atoms with Gasteiger partial charge in [0.2, 0.25) is 11.8 Å². The number of hydrazone groups is 1. The summed E-state index contributed by atoms with van der Waals surface area (Å²) in [6, 6.07) is 4.89. The molecule has 1 aromatic heterocycles. The fourth-order valence-electron chi connectivity index (χ4n) is 3.20. The minimum atomic E-state index is -3.20. The van der Waals surface area contributed by atoms with E-state index in [4.69, 9.17) is 9.15 Å². The molecule has 2 aromatic rings. The summed E-state index contributed by atoms with van der Waals surface area (Å²) >= 11 is 0. The van der Waals surface area contributed by atoms with Crippen LogP contribution >= 0.6 is 0 Å². The summed E-state index contributed by atoms with van der Waals surface area (Å²) in [5, 5.41) is 12.7. The second-order valence-corrected chi connectivity index (χ2v) is 9.15. The third-order valence-corrected chi connectivity index (χ3v) is 6.48. The lowest BCUT2D eigenvalue weighted by Gasteiger charge is -2.27. The zero-order valence-electron chi connectivity index (χ0n) is 15.7. The van der Waals surface area contributed by atoms with Crippen LogP contribution in [-0.4, -0.2) is 58.8 Å². The molecule has 0 saturated carbocycles. The molecule has 4 rings (SSSR count). The molecule has 10 nitrogen and oxygen atoms in total. The molecule has 1 saturated heterocycles. The number of carbonyl (C=O) groups excluding carboxylic acids is 2. The monoisotopic (exact) mass is 436 g/mol. The molecule has 0 spiro atoms. The van der Waals surface area contributed by atoms with E-state index in [1.165, 1.54) is 24.3 Å². The van der Waals surface area contributed by atoms with E-state index in [1.54, 1.807) is 0 Å². The maximum absolute atomic E-state index is 13.0. The van der Waals surface area contributed by atoms with Crippen molar-refractivity contribution in [3.8, 4) is 11.5 Å². The number of halogens is 1. The number of sulfone groups is 1. The smallest absolute Gasteiger partial charge is 0.355 e. The Morgan fingerprint density at radius 3 is 2.70 bits per heavy atom. The van der Waals surface area contributed by atoms with Gasteiger partial charge in [-0.3, -0.25) is 4.79 Å². The number of benzene rings is 1. The van der Waals surface area contributed by atoms with Crippen LogP contribution in [0.15, 0.2) is 33.8 Å². The Kier molecular flexibility index (Phi) is 5.33. The highest BCUT2D eigenvalue weighted by atomic mass is 32.2. The molecular formula is C18H17FN4O6S. The predicted octanol–water partition coefficient (Wildman–Crippen LogP) is 1.08. The zero-order valence-corrected chi connectivity index (χ0v) is 16.5. The highest BCUT2D eigenvalue weighted by Crippen LogP contribution is 2.23. The molecule has 30 heavy (non-hydrogen) atoms. The van der Waals surface area contributed by atoms with Crippen LogP contribution in [0.25, 0.3) is 11.5 Å². The van der Waals surface area contributed by atoms with Gasteiger partial charge in [-0.15, -0.1) is 10.2 Å². The third kappa shape index (κ3) is 4.37. The van der Waals surface area contributed by atoms with E-state index in [1.807, 2.05) is 0 Å². The maximum Gasteiger partial charge on any atom is 0.355 e. The quantitative estimate of drug-likeness (QED) is 0.636. The van der Waals surface area contributed by atoms with Crippen molar-refractivity contribution in [2.24, 2.45) is 5.10 Å². The minimum Gasteiger partial charge on any atom is -0.451 e. The first-order chi connectivity index (χ1) is 14.3. The Morgan fingerprint density at radius 1 is 1.23 bits per heavy atom. The van der Waals surface area contributed by atoms with Gasteiger partial charge in [-0.1, -0.05) is 0 Å². The van der Waals surface area contributed by atoms with Crippen LogP contribution in [0.1, 0.15) is 25.2 Å². The summed E-state index contributed by atoms with van der Waals surface area (Å²) < 4.78 is 46.9. The number of hydrogen-bond donors (Lipinski definition) is 0. The second kappa shape index (κ2) is 7.94. The molecule has 12 heteroatoms. The maximum atomic E-state index is 13.0. The van der Waals surface area contributed by atoms with E-state index in [9.17, 15) is 22.4 Å². The van der Waals surface area contributed by atoms with Gasteiger partial charge >= 0.3 is 5.97 Å². The van der Waals surface area contributed by atoms with Crippen molar-refractivity contribution in [3.63, 3.8) is 0 Å². The van der Waals surface area contributed by atoms with Gasteiger partial charge in [0.15, 0.2) is 16.4 Å². The molecule has 3 heterocycles. The third-order valence-electron chi connectivity index (χ3n) is 4.73. The highest BCUT2D eigenvalue weighted by Gasteiger charge is 2.37. The van der Waals surface area contributed by atoms with Gasteiger partial charge in [0.05, 0.1) is 17.5 Å². The first kappa shape index (κ1) is 20.1. The molecule has 0 aliphatic carbocycles. The van der Waals surface area contributed by atoms with Crippen LogP contribution in [-0.2, 0) is 30.8 Å². The van der Waals surface area contributed by atoms with Crippen molar-refractivity contribution in [1.82, 2.24) is 15.2 Å². The summed E-state index contributed by atoms with van der Waals surface area (Å²) in [6.07, 6.45) is 0.423. The van der Waals surface area contributed by atoms with Gasteiger partial charge in [-0.2, -0.15) is 5.10 Å². The van der Waals surface area contributed by atoms with Crippen LogP contribution in [0, 0.1) is 5.82 Å². The van der Waals surface area contributed by atoms with Crippen molar-refractivity contribution in [2.45, 2.75) is 31.9 Å². The summed E-state index contributed by atoms with van der Waals surface area (Å²) in [5.41, 5.74) is 0.538. The van der Waals surface area contributed by atoms with Gasteiger partial charge in [0.1, 0.15) is 11.5 Å². The normalized spacial score (nSPS) is 20.8. The Hall–Kier alpha value is -3.15. The Morgan fingerprint density at radius 2 is 2.00 bits per heavy atom. The summed E-state index contributed by atoms with van der Waals surface area (Å²) in [6.45, 7) is -0.308. The summed E-state index contributed by atoms with van der Waals surface area (Å²) in [7, 11) is -3.20. The fraction of sp³-hybridized carbons (Fsp3) is 0.389. The molecule has 1 aromatic carbocycles. The topological polar surface area (TPSA) is 132 Å². The lowest BCUT2D eigenvalue weighted by atomic mass is 10.1. The average Bonchev–Trinajstić information content (AvgIpc) is 3.33. The van der Waals surface area contributed by atoms with E-state index in [0.29, 0.717) is 5.56 Å². The molecule has 0 unspecified atom stereocenters. The molecular weight excluding hydrogens is 419 g/mol. The molecule has 1 fully saturated rings. The molecule has 0 N–H and O–H groups in total. The van der Waals surface area contributed by atoms with Crippen LogP contribution in [0.2, 0.25) is 0 Å². The van der Waals surface area contributed by atoms with Gasteiger partial charge < -0.3 is 9.15 Å². The van der Waals surface area contributed by atoms with E-state index in [2.05, 4.69) is 15.3 Å². The first-order valence-corrected chi connectivity index (χ1v) is 11.0. The van der Waals surface area contributed by atoms with Crippen LogP contribution in [0.3, 0.4) is 0 Å². The van der Waals surface area contributed by atoms with Crippen LogP contribution < -0.4 is 0 Å². The van der Waals surface area contributed by atoms with Crippen molar-refractivity contribution in [2.75, 3.05) is 11.5 Å². The number of ether oxygens (including phenoxy) is 1. The lowest BCUT2D eigenvalue weighted by Crippen LogP contribution is -2.42. The number of hydrogen-bond acceptors (Lipinski definition) is 9. The van der Waals surface area contributed by atoms with Crippen molar-refractivity contribution >= 4 is 27.4 Å². The molecule has 0 bridgehead atoms. The zero-order chi connectivity index (χ0) is 21.3. The van der Waals surface area contributed by atoms with E-state index < -0.39 is 27.7 Å². The van der Waals surface area contributed by atoms with Crippen LogP contribution in [0.5, 0.6) is 0 Å². The largest absolute Gasteiger partial charge is 0.451 e. The number of rotatable bonds is 5. The Labute approximate surface area is 170 Å². The van der Waals surface area contributed by atoms with Gasteiger partial charge in [0.25, 0.3) is 5.89 Å². The lowest BCUT2D eigenvalue weighted by molar-refractivity contribution is -0.138. The number of nitrogens with zero attached hydrogens (tertiary/aromatic N) is 4. The number of esters is 1. The Balaban J connectivity index is 1.39. The first-order valence-electron chi connectivity index (χ1n) is 9.16. The van der Waals surface area contributed by atoms with Crippen LogP contribution in [0.4, 0.5) is 4.39 Å². The second-order valence-electron chi connectivity index (χ2n) is 6.93. The Bertz CT molecular complexity index is 1110. The number of amides is 1. The van der Waals surface area contributed by atoms with Crippen molar-refractivity contribution < 1.29 is 31.6 Å². The predicted molar refractivity (Wildman–Crippen MR) is 100 cm³/mol. The molecule has 1 amide bonds. The molecule has 2 aliphatic heterocycles. The van der Waals surface area contributed by atoms with Crippen molar-refractivity contribution in [3.05, 3.63) is 36.0 Å². The van der Waals surface area contributed by atoms with Gasteiger partial charge in [-0.05, 0) is 30.7 Å². The average molecular weight is 436 g/mol. The summed E-state index contributed by atoms with van der Waals surface area (Å²) in [5.74, 6) is -1.47. The molecule has 158 valence electrons. The van der Waals surface area contributed by atoms with Crippen molar-refractivity contribution in [1.29, 1.82) is 0 Å². The van der Waals surface area contributed by atoms with E-state index in [-0.39, 0.29) is 60.8 Å². The van der Waals surface area contributed by atoms with Gasteiger partial charge in [-0.25, -0.2) is 22.6 Å². The van der Waals surface area contributed by atoms with E-state index in [0.717, 1.165) is 5.01 Å². The fourth-order valence-corrected chi connectivity index (χ4v) is 4.90. The molecule has 0 radical (unpaired) electrons. The number of carbonyl (C=O) groups is 2. The standard InChI is InChI=1S/C18H17FN4O6S/c19-12-3-1-11(2-4-12)17-21-20-15(29-17)9-28-18(25)14-5-6-16(24)23(22-14)13-7-8-30(26,27)10-13/h1-4,13H,5-10H2/t13-/m0/s1. The minimum absolute atomic E-state index is 0.00962. The van der Waals surface area contributed by atoms with Gasteiger partial charge in [0, 0.05) is 18.4 Å². The number of aromatic nitrogens is 2. The summed E-state index contributed by atoms with van der Waals surface area (Å²) in [4.78, 5) is 24.5.